The first-order valence-electron chi connectivity index (χ1n) is 1.46. The monoisotopic (exact) mass is 85.0 g/mol. The van der Waals surface area contributed by atoms with Gasteiger partial charge in [0.25, 0.3) is 0 Å². The first-order chi connectivity index (χ1) is 3.00. The van der Waals surface area contributed by atoms with Crippen LogP contribution in [0.3, 0.4) is 0 Å². The summed E-state index contributed by atoms with van der Waals surface area (Å²) in [6.45, 7) is 0. The van der Waals surface area contributed by atoms with Crippen LogP contribution in [-0.2, 0) is 4.94 Å². The van der Waals surface area contributed by atoms with E-state index in [1.807, 2.05) is 0 Å². The Morgan fingerprint density at radius 1 is 1.50 bits per heavy atom. The van der Waals surface area contributed by atoms with Crippen molar-refractivity contribution in [2.75, 3.05) is 0 Å². The summed E-state index contributed by atoms with van der Waals surface area (Å²) < 4.78 is 0. The van der Waals surface area contributed by atoms with E-state index < -0.39 is 0 Å². The molecule has 6 heavy (non-hydrogen) atoms. The maximum Gasteiger partial charge on any atom is 0.0897 e. The van der Waals surface area contributed by atoms with Crippen LogP contribution < -0.4 is 5.59 Å². The minimum absolute atomic E-state index is 1.44. The number of hydrogen-bond donors (Lipinski definition) is 1. The van der Waals surface area contributed by atoms with Gasteiger partial charge in [-0.2, -0.15) is 0 Å². The fourth-order valence-corrected chi connectivity index (χ4v) is 0.169. The third-order valence-electron chi connectivity index (χ3n) is 0.348. The number of rotatable bonds is 0. The topological polar surface area (TPSA) is 46.0 Å². The second-order valence-electron chi connectivity index (χ2n) is 0.715. The van der Waals surface area contributed by atoms with Crippen molar-refractivity contribution >= 4 is 12.4 Å². The van der Waals surface area contributed by atoms with Gasteiger partial charge in [0.1, 0.15) is 0 Å². The lowest BCUT2D eigenvalue weighted by atomic mass is 10.8. The number of nitrogens with one attached hydrogen (secondary N) is 1. The lowest BCUT2D eigenvalue weighted by Gasteiger charge is -1.93. The molecule has 0 atom stereocenters. The molecule has 0 amide bonds. The maximum atomic E-state index is 4.19. The van der Waals surface area contributed by atoms with E-state index in [-0.39, 0.29) is 0 Å². The SMILES string of the molecule is C1=NNON=C1. The second-order valence-corrected chi connectivity index (χ2v) is 0.715. The molecule has 32 valence electrons. The van der Waals surface area contributed by atoms with Gasteiger partial charge in [0.15, 0.2) is 0 Å². The predicted octanol–water partition coefficient (Wildman–Crippen LogP) is -0.507. The van der Waals surface area contributed by atoms with Crippen molar-refractivity contribution in [3.8, 4) is 0 Å². The van der Waals surface area contributed by atoms with E-state index in [0.29, 0.717) is 0 Å². The minimum atomic E-state index is 1.44. The molecule has 1 rings (SSSR count). The zero-order valence-corrected chi connectivity index (χ0v) is 2.96. The molecule has 1 heterocycles. The molecule has 4 heteroatoms. The summed E-state index contributed by atoms with van der Waals surface area (Å²) in [6.07, 6.45) is 2.93. The minimum Gasteiger partial charge on any atom is -0.253 e. The number of oxime groups is 1. The third kappa shape index (κ3) is 0.453. The van der Waals surface area contributed by atoms with Crippen LogP contribution in [0, 0.1) is 0 Å². The van der Waals surface area contributed by atoms with E-state index in [1.165, 1.54) is 12.4 Å². The predicted molar refractivity (Wildman–Crippen MR) is 21.2 cm³/mol. The highest BCUT2D eigenvalue weighted by Gasteiger charge is 1.74. The van der Waals surface area contributed by atoms with E-state index in [1.54, 1.807) is 0 Å². The average molecular weight is 85.1 g/mol. The van der Waals surface area contributed by atoms with Gasteiger partial charge in [-0.15, -0.1) is 10.7 Å². The Bertz CT molecular complexity index is 74.8. The molecule has 0 saturated carbocycles. The van der Waals surface area contributed by atoms with Crippen LogP contribution in [0.15, 0.2) is 10.3 Å². The van der Waals surface area contributed by atoms with Crippen LogP contribution in [0.2, 0.25) is 0 Å². The van der Waals surface area contributed by atoms with Crippen molar-refractivity contribution in [3.05, 3.63) is 0 Å². The molecule has 0 saturated heterocycles. The molecule has 4 nitrogen and oxygen atoms in total. The quantitative estimate of drug-likeness (QED) is 0.430. The van der Waals surface area contributed by atoms with Crippen molar-refractivity contribution in [2.45, 2.75) is 0 Å². The van der Waals surface area contributed by atoms with E-state index in [2.05, 4.69) is 20.8 Å². The van der Waals surface area contributed by atoms with Crippen LogP contribution >= 0.6 is 0 Å². The molecular weight excluding hydrogens is 82.0 g/mol. The van der Waals surface area contributed by atoms with E-state index in [0.717, 1.165) is 0 Å². The summed E-state index contributed by atoms with van der Waals surface area (Å²) in [5.74, 6) is 0. The Labute approximate surface area is 34.4 Å². The molecule has 0 bridgehead atoms. The zero-order valence-electron chi connectivity index (χ0n) is 2.96. The van der Waals surface area contributed by atoms with Gasteiger partial charge < -0.3 is 0 Å². The van der Waals surface area contributed by atoms with Crippen molar-refractivity contribution < 1.29 is 4.94 Å². The lowest BCUT2D eigenvalue weighted by Crippen LogP contribution is -2.06. The van der Waals surface area contributed by atoms with Gasteiger partial charge in [-0.25, -0.2) is 0 Å². The Morgan fingerprint density at radius 3 is 2.67 bits per heavy atom. The highest BCUT2D eigenvalue weighted by Crippen LogP contribution is 1.68. The van der Waals surface area contributed by atoms with E-state index >= 15 is 0 Å². The summed E-state index contributed by atoms with van der Waals surface area (Å²) in [4.78, 5) is 4.19. The van der Waals surface area contributed by atoms with Gasteiger partial charge >= 0.3 is 0 Å². The van der Waals surface area contributed by atoms with Crippen molar-refractivity contribution in [1.29, 1.82) is 0 Å². The van der Waals surface area contributed by atoms with Crippen LogP contribution in [0.4, 0.5) is 0 Å². The molecular formula is C2H3N3O. The Balaban J connectivity index is 2.46. The normalized spacial score (nSPS) is 16.0. The summed E-state index contributed by atoms with van der Waals surface area (Å²) in [5, 5.41) is 6.72. The molecule has 0 fully saturated rings. The van der Waals surface area contributed by atoms with E-state index in [9.17, 15) is 0 Å². The van der Waals surface area contributed by atoms with Gasteiger partial charge in [-0.3, -0.25) is 4.94 Å². The molecule has 0 aromatic heterocycles. The molecule has 1 aliphatic rings. The molecule has 1 aliphatic heterocycles. The van der Waals surface area contributed by atoms with Crippen LogP contribution in [0.1, 0.15) is 0 Å². The molecule has 0 aliphatic carbocycles. The van der Waals surface area contributed by atoms with Gasteiger partial charge in [0.05, 0.1) is 12.4 Å². The number of hydrogen-bond acceptors (Lipinski definition) is 4. The summed E-state index contributed by atoms with van der Waals surface area (Å²) in [5.41, 5.74) is 2.16. The van der Waals surface area contributed by atoms with Crippen molar-refractivity contribution in [3.63, 3.8) is 0 Å². The lowest BCUT2D eigenvalue weighted by molar-refractivity contribution is 0.0481. The highest BCUT2D eigenvalue weighted by molar-refractivity contribution is 6.15. The molecule has 0 spiro atoms. The van der Waals surface area contributed by atoms with Gasteiger partial charge in [0.2, 0.25) is 0 Å². The van der Waals surface area contributed by atoms with Crippen LogP contribution in [0.25, 0.3) is 0 Å². The Hall–Kier alpha value is -1.06. The van der Waals surface area contributed by atoms with Gasteiger partial charge in [0, 0.05) is 0 Å². The standard InChI is InChI=1S/C2H3N3O/c1-2-4-6-5-3-1/h1-2,5H. The van der Waals surface area contributed by atoms with Crippen LogP contribution in [0.5, 0.6) is 0 Å². The largest absolute Gasteiger partial charge is 0.253 e. The van der Waals surface area contributed by atoms with Gasteiger partial charge in [-0.05, 0) is 0 Å². The number of nitrogens with zero attached hydrogens (tertiary/aromatic N) is 2. The van der Waals surface area contributed by atoms with Crippen molar-refractivity contribution in [2.24, 2.45) is 10.3 Å². The number of hydrazone groups is 1. The fourth-order valence-electron chi connectivity index (χ4n) is 0.169. The average Bonchev–Trinajstić information content (AvgIpc) is 1.72. The molecule has 0 unspecified atom stereocenters. The molecule has 0 aromatic rings. The summed E-state index contributed by atoms with van der Waals surface area (Å²) in [7, 11) is 0. The maximum absolute atomic E-state index is 4.19. The first kappa shape index (κ1) is 3.14. The van der Waals surface area contributed by atoms with Crippen LogP contribution in [-0.4, -0.2) is 12.4 Å². The molecule has 1 N–H and O–H groups in total. The summed E-state index contributed by atoms with van der Waals surface area (Å²) in [6, 6.07) is 0. The molecule has 0 aromatic carbocycles. The Morgan fingerprint density at radius 2 is 2.50 bits per heavy atom. The second kappa shape index (κ2) is 1.40. The first-order valence-corrected chi connectivity index (χ1v) is 1.46. The molecule has 0 radical (unpaired) electrons. The van der Waals surface area contributed by atoms with Gasteiger partial charge in [-0.1, -0.05) is 5.16 Å². The fraction of sp³-hybridized carbons (Fsp3) is 0. The highest BCUT2D eigenvalue weighted by atomic mass is 16.8. The zero-order chi connectivity index (χ0) is 4.24. The van der Waals surface area contributed by atoms with Crippen molar-refractivity contribution in [1.82, 2.24) is 5.59 Å². The Kier molecular flexibility index (Phi) is 0.731. The smallest absolute Gasteiger partial charge is 0.0897 e. The third-order valence-corrected chi connectivity index (χ3v) is 0.348. The van der Waals surface area contributed by atoms with E-state index in [4.69, 9.17) is 0 Å². The summed E-state index contributed by atoms with van der Waals surface area (Å²) >= 11 is 0.